The minimum atomic E-state index is -0.840. The number of carbonyl (C=O) groups is 1. The van der Waals surface area contributed by atoms with Crippen molar-refractivity contribution >= 4 is 35.0 Å². The number of thiazole rings is 1. The lowest BCUT2D eigenvalue weighted by Crippen LogP contribution is -2.40. The lowest BCUT2D eigenvalue weighted by Gasteiger charge is -2.25. The third-order valence-electron chi connectivity index (χ3n) is 5.15. The molecule has 2 heterocycles. The summed E-state index contributed by atoms with van der Waals surface area (Å²) in [6.07, 6.45) is 1.48. The Kier molecular flexibility index (Phi) is 6.88. The van der Waals surface area contributed by atoms with Crippen molar-refractivity contribution in [3.05, 3.63) is 101 Å². The first-order valence-electron chi connectivity index (χ1n) is 10.1. The van der Waals surface area contributed by atoms with Crippen LogP contribution in [-0.2, 0) is 14.3 Å². The molecule has 170 valence electrons. The van der Waals surface area contributed by atoms with Gasteiger partial charge in [0.05, 0.1) is 22.4 Å². The minimum Gasteiger partial charge on any atom is -0.460 e. The van der Waals surface area contributed by atoms with E-state index in [1.165, 1.54) is 23.8 Å². The van der Waals surface area contributed by atoms with Crippen LogP contribution in [0.25, 0.3) is 6.08 Å². The predicted molar refractivity (Wildman–Crippen MR) is 124 cm³/mol. The molecule has 2 aromatic carbocycles. The van der Waals surface area contributed by atoms with Crippen molar-refractivity contribution in [2.24, 2.45) is 4.99 Å². The van der Waals surface area contributed by atoms with E-state index < -0.39 is 23.4 Å². The molecule has 3 aromatic rings. The van der Waals surface area contributed by atoms with Crippen molar-refractivity contribution in [2.75, 3.05) is 20.3 Å². The number of hydrogen-bond acceptors (Lipinski definition) is 6. The highest BCUT2D eigenvalue weighted by Crippen LogP contribution is 2.34. The fourth-order valence-corrected chi connectivity index (χ4v) is 4.88. The Hall–Kier alpha value is -3.07. The van der Waals surface area contributed by atoms with E-state index in [1.807, 2.05) is 0 Å². The molecular weight excluding hydrogens is 467 g/mol. The average Bonchev–Trinajstić information content (AvgIpc) is 3.09. The maximum absolute atomic E-state index is 14.2. The molecule has 0 bridgehead atoms. The molecular formula is C24H20ClFN2O4S. The first-order chi connectivity index (χ1) is 15.9. The second-order valence-corrected chi connectivity index (χ2v) is 8.67. The number of halogens is 2. The zero-order valence-electron chi connectivity index (χ0n) is 17.9. The zero-order chi connectivity index (χ0) is 23.5. The van der Waals surface area contributed by atoms with E-state index >= 15 is 0 Å². The van der Waals surface area contributed by atoms with Crippen molar-refractivity contribution in [1.29, 1.82) is 0 Å². The van der Waals surface area contributed by atoms with Crippen LogP contribution in [0, 0.1) is 5.82 Å². The van der Waals surface area contributed by atoms with Crippen LogP contribution >= 0.6 is 22.9 Å². The van der Waals surface area contributed by atoms with E-state index in [1.54, 1.807) is 49.4 Å². The smallest absolute Gasteiger partial charge is 0.338 e. The molecule has 0 radical (unpaired) electrons. The fraction of sp³-hybridized carbons (Fsp3) is 0.208. The van der Waals surface area contributed by atoms with Crippen LogP contribution in [0.1, 0.15) is 24.1 Å². The Morgan fingerprint density at radius 3 is 2.67 bits per heavy atom. The molecule has 1 aliphatic rings. The molecule has 0 saturated carbocycles. The second kappa shape index (κ2) is 9.82. The van der Waals surface area contributed by atoms with Crippen LogP contribution in [0.2, 0.25) is 5.02 Å². The zero-order valence-corrected chi connectivity index (χ0v) is 19.5. The first kappa shape index (κ1) is 23.1. The highest BCUT2D eigenvalue weighted by molar-refractivity contribution is 7.07. The van der Waals surface area contributed by atoms with E-state index in [2.05, 4.69) is 4.99 Å². The van der Waals surface area contributed by atoms with Gasteiger partial charge in [-0.3, -0.25) is 9.36 Å². The molecule has 1 aliphatic heterocycles. The Bertz CT molecular complexity index is 1430. The highest BCUT2D eigenvalue weighted by Gasteiger charge is 2.34. The molecule has 1 atom stereocenters. The van der Waals surface area contributed by atoms with Gasteiger partial charge >= 0.3 is 5.97 Å². The Morgan fingerprint density at radius 2 is 1.94 bits per heavy atom. The number of rotatable bonds is 6. The second-order valence-electron chi connectivity index (χ2n) is 7.25. The summed E-state index contributed by atoms with van der Waals surface area (Å²) in [5.74, 6) is -1.05. The molecule has 0 spiro atoms. The van der Waals surface area contributed by atoms with E-state index in [4.69, 9.17) is 21.1 Å². The molecule has 4 rings (SSSR count). The maximum atomic E-state index is 14.2. The lowest BCUT2D eigenvalue weighted by atomic mass is 9.96. The third kappa shape index (κ3) is 4.55. The quantitative estimate of drug-likeness (QED) is 0.396. The number of hydrogen-bond donors (Lipinski definition) is 0. The standard InChI is InChI=1S/C24H20ClFN2O4S/c1-14-20(23(30)32-12-11-31-2)21(16-8-4-5-9-17(16)25)28-22(29)19(33-24(28)27-14)13-15-7-3-6-10-18(15)26/h3-10,13,21H,11-12H2,1-2H3/b19-13-/t21-/m1/s1. The molecule has 1 aromatic heterocycles. The van der Waals surface area contributed by atoms with Crippen LogP contribution in [0.5, 0.6) is 0 Å². The number of nitrogens with zero attached hydrogens (tertiary/aromatic N) is 2. The molecule has 9 heteroatoms. The van der Waals surface area contributed by atoms with Crippen molar-refractivity contribution in [3.63, 3.8) is 0 Å². The normalized spacial score (nSPS) is 15.9. The van der Waals surface area contributed by atoms with Crippen LogP contribution in [0.3, 0.4) is 0 Å². The maximum Gasteiger partial charge on any atom is 0.338 e. The molecule has 0 saturated heterocycles. The number of allylic oxidation sites excluding steroid dienone is 1. The highest BCUT2D eigenvalue weighted by atomic mass is 35.5. The number of methoxy groups -OCH3 is 1. The van der Waals surface area contributed by atoms with E-state index in [0.717, 1.165) is 11.3 Å². The number of esters is 1. The Labute approximate surface area is 197 Å². The summed E-state index contributed by atoms with van der Waals surface area (Å²) < 4.78 is 26.2. The number of benzene rings is 2. The van der Waals surface area contributed by atoms with Gasteiger partial charge in [0, 0.05) is 17.7 Å². The van der Waals surface area contributed by atoms with Gasteiger partial charge in [0.15, 0.2) is 4.80 Å². The molecule has 0 fully saturated rings. The van der Waals surface area contributed by atoms with Gasteiger partial charge in [0.25, 0.3) is 5.56 Å². The van der Waals surface area contributed by atoms with Gasteiger partial charge in [-0.1, -0.05) is 59.3 Å². The van der Waals surface area contributed by atoms with Crippen LogP contribution < -0.4 is 14.9 Å². The largest absolute Gasteiger partial charge is 0.460 e. The Balaban J connectivity index is 1.92. The monoisotopic (exact) mass is 486 g/mol. The topological polar surface area (TPSA) is 69.9 Å². The predicted octanol–water partition coefficient (Wildman–Crippen LogP) is 3.22. The average molecular weight is 487 g/mol. The summed E-state index contributed by atoms with van der Waals surface area (Å²) in [6, 6.07) is 12.3. The SMILES string of the molecule is COCCOC(=O)C1=C(C)N=c2s/c(=C\c3ccccc3F)c(=O)n2[C@@H]1c1ccccc1Cl. The van der Waals surface area contributed by atoms with Gasteiger partial charge < -0.3 is 9.47 Å². The van der Waals surface area contributed by atoms with Crippen molar-refractivity contribution in [3.8, 4) is 0 Å². The van der Waals surface area contributed by atoms with Gasteiger partial charge in [-0.2, -0.15) is 0 Å². The number of fused-ring (bicyclic) bond motifs is 1. The number of ether oxygens (including phenoxy) is 2. The van der Waals surface area contributed by atoms with Crippen molar-refractivity contribution < 1.29 is 18.7 Å². The van der Waals surface area contributed by atoms with Crippen LogP contribution in [0.4, 0.5) is 4.39 Å². The summed E-state index contributed by atoms with van der Waals surface area (Å²) in [6.45, 7) is 1.97. The van der Waals surface area contributed by atoms with E-state index in [9.17, 15) is 14.0 Å². The third-order valence-corrected chi connectivity index (χ3v) is 6.48. The number of aromatic nitrogens is 1. The molecule has 33 heavy (non-hydrogen) atoms. The first-order valence-corrected chi connectivity index (χ1v) is 11.3. The summed E-state index contributed by atoms with van der Waals surface area (Å²) >= 11 is 7.60. The Morgan fingerprint density at radius 1 is 1.21 bits per heavy atom. The van der Waals surface area contributed by atoms with E-state index in [-0.39, 0.29) is 28.9 Å². The van der Waals surface area contributed by atoms with Crippen LogP contribution in [0.15, 0.2) is 69.6 Å². The van der Waals surface area contributed by atoms with Gasteiger partial charge in [0.2, 0.25) is 0 Å². The molecule has 0 aliphatic carbocycles. The summed E-state index contributed by atoms with van der Waals surface area (Å²) in [5, 5.41) is 0.392. The summed E-state index contributed by atoms with van der Waals surface area (Å²) in [4.78, 5) is 31.4. The lowest BCUT2D eigenvalue weighted by molar-refractivity contribution is -0.140. The molecule has 0 amide bonds. The molecule has 6 nitrogen and oxygen atoms in total. The molecule has 0 N–H and O–H groups in total. The van der Waals surface area contributed by atoms with Crippen molar-refractivity contribution in [2.45, 2.75) is 13.0 Å². The van der Waals surface area contributed by atoms with Crippen molar-refractivity contribution in [1.82, 2.24) is 4.57 Å². The van der Waals surface area contributed by atoms with E-state index in [0.29, 0.717) is 21.1 Å². The molecule has 0 unspecified atom stereocenters. The summed E-state index contributed by atoms with van der Waals surface area (Å²) in [5.41, 5.74) is 1.07. The van der Waals surface area contributed by atoms with Crippen LogP contribution in [-0.4, -0.2) is 30.9 Å². The van der Waals surface area contributed by atoms with Gasteiger partial charge in [-0.15, -0.1) is 0 Å². The minimum absolute atomic E-state index is 0.0546. The van der Waals surface area contributed by atoms with Gasteiger partial charge in [-0.25, -0.2) is 14.2 Å². The fourth-order valence-electron chi connectivity index (χ4n) is 3.60. The van der Waals surface area contributed by atoms with Gasteiger partial charge in [-0.05, 0) is 30.7 Å². The summed E-state index contributed by atoms with van der Waals surface area (Å²) in [7, 11) is 1.51. The number of carbonyl (C=O) groups excluding carboxylic acids is 1. The van der Waals surface area contributed by atoms with Gasteiger partial charge in [0.1, 0.15) is 18.5 Å².